The number of likely N-dealkylation sites (tertiary alicyclic amines) is 1. The molecule has 164 valence electrons. The van der Waals surface area contributed by atoms with E-state index in [2.05, 4.69) is 0 Å². The number of piperidine rings is 2. The highest BCUT2D eigenvalue weighted by Crippen LogP contribution is 2.36. The van der Waals surface area contributed by atoms with Crippen molar-refractivity contribution >= 4 is 15.9 Å². The number of aromatic nitrogens is 1. The summed E-state index contributed by atoms with van der Waals surface area (Å²) in [6, 6.07) is 13.9. The molecular formula is C23H27N3O4S. The van der Waals surface area contributed by atoms with Gasteiger partial charge in [-0.2, -0.15) is 4.31 Å². The Morgan fingerprint density at radius 3 is 2.39 bits per heavy atom. The SMILES string of the molecule is O=C(C1CCN(S(=O)(=O)c2ccccc2)CC1)N1C[C@H]2C[C@@H](C1)c1cccc(=O)n1C2. The van der Waals surface area contributed by atoms with Crippen LogP contribution in [0.5, 0.6) is 0 Å². The van der Waals surface area contributed by atoms with Crippen LogP contribution in [0.25, 0.3) is 0 Å². The van der Waals surface area contributed by atoms with Crippen molar-refractivity contribution in [2.24, 2.45) is 11.8 Å². The Balaban J connectivity index is 1.25. The van der Waals surface area contributed by atoms with E-state index in [1.165, 1.54) is 4.31 Å². The lowest BCUT2D eigenvalue weighted by atomic mass is 9.82. The number of benzene rings is 1. The lowest BCUT2D eigenvalue weighted by molar-refractivity contribution is -0.139. The lowest BCUT2D eigenvalue weighted by Gasteiger charge is -2.44. The molecule has 2 bridgehead atoms. The maximum Gasteiger partial charge on any atom is 0.250 e. The Labute approximate surface area is 182 Å². The van der Waals surface area contributed by atoms with E-state index < -0.39 is 10.0 Å². The summed E-state index contributed by atoms with van der Waals surface area (Å²) in [6.45, 7) is 2.72. The fraction of sp³-hybridized carbons (Fsp3) is 0.478. The molecule has 1 aromatic heterocycles. The maximum atomic E-state index is 13.3. The number of carbonyl (C=O) groups is 1. The third kappa shape index (κ3) is 3.72. The van der Waals surface area contributed by atoms with Crippen LogP contribution in [0.2, 0.25) is 0 Å². The molecule has 2 fully saturated rings. The summed E-state index contributed by atoms with van der Waals surface area (Å²) in [5, 5.41) is 0. The van der Waals surface area contributed by atoms with Crippen molar-refractivity contribution in [1.82, 2.24) is 13.8 Å². The molecule has 5 rings (SSSR count). The molecule has 3 aliphatic rings. The number of hydrogen-bond acceptors (Lipinski definition) is 4. The quantitative estimate of drug-likeness (QED) is 0.729. The molecule has 31 heavy (non-hydrogen) atoms. The number of fused-ring (bicyclic) bond motifs is 4. The molecule has 3 aliphatic heterocycles. The first-order valence-corrected chi connectivity index (χ1v) is 12.4. The first kappa shape index (κ1) is 20.5. The lowest BCUT2D eigenvalue weighted by Crippen LogP contribution is -2.52. The molecule has 0 unspecified atom stereocenters. The molecule has 1 amide bonds. The predicted molar refractivity (Wildman–Crippen MR) is 116 cm³/mol. The molecule has 0 aliphatic carbocycles. The number of pyridine rings is 1. The fourth-order valence-corrected chi connectivity index (χ4v) is 6.91. The summed E-state index contributed by atoms with van der Waals surface area (Å²) in [4.78, 5) is 27.7. The van der Waals surface area contributed by atoms with Gasteiger partial charge >= 0.3 is 0 Å². The van der Waals surface area contributed by atoms with Crippen LogP contribution in [0.4, 0.5) is 0 Å². The van der Waals surface area contributed by atoms with Crippen molar-refractivity contribution in [2.75, 3.05) is 26.2 Å². The molecule has 0 N–H and O–H groups in total. The number of nitrogens with zero attached hydrogens (tertiary/aromatic N) is 3. The van der Waals surface area contributed by atoms with E-state index >= 15 is 0 Å². The molecule has 2 saturated heterocycles. The largest absolute Gasteiger partial charge is 0.341 e. The van der Waals surface area contributed by atoms with Gasteiger partial charge in [0.25, 0.3) is 5.56 Å². The van der Waals surface area contributed by atoms with Crippen LogP contribution in [0.15, 0.2) is 58.2 Å². The van der Waals surface area contributed by atoms with Crippen LogP contribution < -0.4 is 5.56 Å². The zero-order valence-electron chi connectivity index (χ0n) is 17.4. The second-order valence-corrected chi connectivity index (χ2v) is 10.9. The van der Waals surface area contributed by atoms with Crippen molar-refractivity contribution in [2.45, 2.75) is 36.6 Å². The van der Waals surface area contributed by atoms with Crippen LogP contribution in [0.3, 0.4) is 0 Å². The van der Waals surface area contributed by atoms with Gasteiger partial charge in [0.2, 0.25) is 15.9 Å². The molecule has 2 atom stereocenters. The van der Waals surface area contributed by atoms with Gasteiger partial charge in [-0.3, -0.25) is 9.59 Å². The second kappa shape index (κ2) is 7.91. The minimum absolute atomic E-state index is 0.0407. The number of sulfonamides is 1. The Bertz CT molecular complexity index is 1140. The van der Waals surface area contributed by atoms with E-state index in [4.69, 9.17) is 0 Å². The van der Waals surface area contributed by atoms with E-state index in [0.717, 1.165) is 12.1 Å². The maximum absolute atomic E-state index is 13.3. The zero-order valence-corrected chi connectivity index (χ0v) is 18.2. The van der Waals surface area contributed by atoms with Crippen LogP contribution in [-0.4, -0.2) is 54.3 Å². The topological polar surface area (TPSA) is 79.7 Å². The van der Waals surface area contributed by atoms with E-state index in [1.807, 2.05) is 15.5 Å². The summed E-state index contributed by atoms with van der Waals surface area (Å²) < 4.78 is 29.1. The van der Waals surface area contributed by atoms with Gasteiger partial charge in [-0.1, -0.05) is 24.3 Å². The van der Waals surface area contributed by atoms with Gasteiger partial charge in [-0.05, 0) is 43.4 Å². The first-order chi connectivity index (χ1) is 14.9. The highest BCUT2D eigenvalue weighted by molar-refractivity contribution is 7.89. The fourth-order valence-electron chi connectivity index (χ4n) is 5.42. The van der Waals surface area contributed by atoms with Gasteiger partial charge < -0.3 is 9.47 Å². The highest BCUT2D eigenvalue weighted by atomic mass is 32.2. The summed E-state index contributed by atoms with van der Waals surface area (Å²) >= 11 is 0. The minimum atomic E-state index is -3.51. The molecule has 0 saturated carbocycles. The molecule has 0 spiro atoms. The van der Waals surface area contributed by atoms with E-state index in [-0.39, 0.29) is 23.3 Å². The second-order valence-electron chi connectivity index (χ2n) is 8.93. The number of carbonyl (C=O) groups excluding carboxylic acids is 1. The molecule has 7 nitrogen and oxygen atoms in total. The molecule has 1 aromatic carbocycles. The first-order valence-electron chi connectivity index (χ1n) is 11.0. The van der Waals surface area contributed by atoms with Crippen molar-refractivity contribution in [3.8, 4) is 0 Å². The third-order valence-electron chi connectivity index (χ3n) is 6.98. The summed E-state index contributed by atoms with van der Waals surface area (Å²) in [5.74, 6) is 0.495. The average molecular weight is 442 g/mol. The van der Waals surface area contributed by atoms with Gasteiger partial charge in [0.1, 0.15) is 0 Å². The predicted octanol–water partition coefficient (Wildman–Crippen LogP) is 1.89. The van der Waals surface area contributed by atoms with E-state index in [9.17, 15) is 18.0 Å². The molecule has 4 heterocycles. The van der Waals surface area contributed by atoms with Crippen LogP contribution >= 0.6 is 0 Å². The Morgan fingerprint density at radius 1 is 0.903 bits per heavy atom. The van der Waals surface area contributed by atoms with Crippen molar-refractivity contribution in [3.05, 3.63) is 64.6 Å². The van der Waals surface area contributed by atoms with Crippen LogP contribution in [0.1, 0.15) is 30.9 Å². The third-order valence-corrected chi connectivity index (χ3v) is 8.89. The average Bonchev–Trinajstić information content (AvgIpc) is 2.80. The van der Waals surface area contributed by atoms with Crippen LogP contribution in [0, 0.1) is 11.8 Å². The standard InChI is InChI=1S/C23H27N3O4S/c27-22-8-4-7-21-19-13-17(15-26(21)22)14-24(16-19)23(28)18-9-11-25(12-10-18)31(29,30)20-5-2-1-3-6-20/h1-8,17-19H,9-16H2/t17-,19+/m1/s1. The smallest absolute Gasteiger partial charge is 0.250 e. The van der Waals surface area contributed by atoms with Gasteiger partial charge in [0.15, 0.2) is 0 Å². The highest BCUT2D eigenvalue weighted by Gasteiger charge is 2.39. The van der Waals surface area contributed by atoms with Crippen LogP contribution in [-0.2, 0) is 21.4 Å². The monoisotopic (exact) mass is 441 g/mol. The molecular weight excluding hydrogens is 414 g/mol. The Morgan fingerprint density at radius 2 is 1.65 bits per heavy atom. The van der Waals surface area contributed by atoms with E-state index in [0.29, 0.717) is 56.4 Å². The van der Waals surface area contributed by atoms with Crippen molar-refractivity contribution < 1.29 is 13.2 Å². The van der Waals surface area contributed by atoms with Crippen molar-refractivity contribution in [1.29, 1.82) is 0 Å². The van der Waals surface area contributed by atoms with E-state index in [1.54, 1.807) is 42.5 Å². The molecule has 2 aromatic rings. The molecule has 8 heteroatoms. The number of rotatable bonds is 3. The summed E-state index contributed by atoms with van der Waals surface area (Å²) in [6.07, 6.45) is 2.11. The Kier molecular flexibility index (Phi) is 5.22. The summed E-state index contributed by atoms with van der Waals surface area (Å²) in [5.41, 5.74) is 1.07. The van der Waals surface area contributed by atoms with Gasteiger partial charge in [-0.15, -0.1) is 0 Å². The van der Waals surface area contributed by atoms with Gasteiger partial charge in [-0.25, -0.2) is 8.42 Å². The minimum Gasteiger partial charge on any atom is -0.341 e. The van der Waals surface area contributed by atoms with Gasteiger partial charge in [0.05, 0.1) is 4.90 Å². The number of amides is 1. The number of hydrogen-bond donors (Lipinski definition) is 0. The molecule has 0 radical (unpaired) electrons. The van der Waals surface area contributed by atoms with Crippen molar-refractivity contribution in [3.63, 3.8) is 0 Å². The normalized spacial score (nSPS) is 24.6. The van der Waals surface area contributed by atoms with Gasteiger partial charge in [0, 0.05) is 56.3 Å². The Hall–Kier alpha value is -2.45. The summed E-state index contributed by atoms with van der Waals surface area (Å²) in [7, 11) is -3.51. The zero-order chi connectivity index (χ0) is 21.6.